The van der Waals surface area contributed by atoms with Gasteiger partial charge in [-0.2, -0.15) is 0 Å². The molecule has 2 aromatic rings. The molecule has 0 spiro atoms. The third-order valence-electron chi connectivity index (χ3n) is 4.89. The van der Waals surface area contributed by atoms with Crippen molar-refractivity contribution in [2.24, 2.45) is 0 Å². The van der Waals surface area contributed by atoms with Crippen LogP contribution >= 0.6 is 46.4 Å². The van der Waals surface area contributed by atoms with Gasteiger partial charge in [0.15, 0.2) is 6.29 Å². The normalized spacial score (nSPS) is 26.3. The first-order valence-corrected chi connectivity index (χ1v) is 10.7. The van der Waals surface area contributed by atoms with Crippen LogP contribution in [0.1, 0.15) is 18.1 Å². The lowest BCUT2D eigenvalue weighted by Gasteiger charge is -2.29. The first-order valence-electron chi connectivity index (χ1n) is 9.20. The van der Waals surface area contributed by atoms with Gasteiger partial charge in [-0.25, -0.2) is 0 Å². The number of ether oxygens (including phenoxy) is 4. The van der Waals surface area contributed by atoms with E-state index in [1.807, 2.05) is 0 Å². The molecule has 0 amide bonds. The maximum Gasteiger partial charge on any atom is 0.188 e. The summed E-state index contributed by atoms with van der Waals surface area (Å²) < 4.78 is 22.9. The van der Waals surface area contributed by atoms with E-state index in [9.17, 15) is 5.11 Å². The van der Waals surface area contributed by atoms with Crippen LogP contribution in [-0.4, -0.2) is 42.9 Å². The molecular formula is C21H22Cl4O5. The Kier molecular flexibility index (Phi) is 8.29. The van der Waals surface area contributed by atoms with Crippen molar-refractivity contribution in [2.45, 2.75) is 44.2 Å². The Bertz CT molecular complexity index is 876. The molecule has 164 valence electrons. The van der Waals surface area contributed by atoms with Crippen LogP contribution in [0.5, 0.6) is 0 Å². The molecule has 0 saturated carbocycles. The van der Waals surface area contributed by atoms with Gasteiger partial charge in [-0.05, 0) is 42.3 Å². The van der Waals surface area contributed by atoms with Crippen LogP contribution in [0.4, 0.5) is 0 Å². The fourth-order valence-corrected chi connectivity index (χ4v) is 4.24. The molecule has 1 fully saturated rings. The third-order valence-corrected chi connectivity index (χ3v) is 6.07. The average Bonchev–Trinajstić information content (AvgIpc) is 2.92. The molecule has 30 heavy (non-hydrogen) atoms. The Morgan fingerprint density at radius 2 is 1.53 bits per heavy atom. The standard InChI is InChI=1S/C21H22Cl4O5/c1-21(26)19(29-10-13-4-6-15(23)8-17(13)25)18(30-20(21)27-2)11-28-9-12-3-5-14(22)7-16(12)24/h3-8,18-20,26H,9-11H2,1-2H3/t18-,19-,20?,21+/m1/s1. The molecule has 1 heterocycles. The van der Waals surface area contributed by atoms with Crippen LogP contribution in [0.15, 0.2) is 36.4 Å². The van der Waals surface area contributed by atoms with E-state index >= 15 is 0 Å². The molecule has 9 heteroatoms. The van der Waals surface area contributed by atoms with E-state index in [4.69, 9.17) is 65.4 Å². The highest BCUT2D eigenvalue weighted by atomic mass is 35.5. The van der Waals surface area contributed by atoms with Crippen molar-refractivity contribution in [3.63, 3.8) is 0 Å². The van der Waals surface area contributed by atoms with E-state index < -0.39 is 24.1 Å². The van der Waals surface area contributed by atoms with Crippen LogP contribution in [0.25, 0.3) is 0 Å². The van der Waals surface area contributed by atoms with Gasteiger partial charge in [-0.15, -0.1) is 0 Å². The van der Waals surface area contributed by atoms with E-state index in [2.05, 4.69) is 0 Å². The van der Waals surface area contributed by atoms with Crippen molar-refractivity contribution >= 4 is 46.4 Å². The highest BCUT2D eigenvalue weighted by Gasteiger charge is 2.54. The van der Waals surface area contributed by atoms with Crippen LogP contribution in [0, 0.1) is 0 Å². The summed E-state index contributed by atoms with van der Waals surface area (Å²) in [4.78, 5) is 0. The van der Waals surface area contributed by atoms with Gasteiger partial charge in [-0.3, -0.25) is 0 Å². The molecule has 1 aliphatic heterocycles. The predicted octanol–water partition coefficient (Wildman–Crippen LogP) is 5.52. The number of methoxy groups -OCH3 is 1. The van der Waals surface area contributed by atoms with Gasteiger partial charge in [0.25, 0.3) is 0 Å². The van der Waals surface area contributed by atoms with Crippen LogP contribution in [0.3, 0.4) is 0 Å². The van der Waals surface area contributed by atoms with E-state index in [1.165, 1.54) is 7.11 Å². The fourth-order valence-electron chi connectivity index (χ4n) is 3.32. The first-order chi connectivity index (χ1) is 14.2. The number of hydrogen-bond donors (Lipinski definition) is 1. The molecule has 0 aliphatic carbocycles. The molecule has 4 atom stereocenters. The van der Waals surface area contributed by atoms with Gasteiger partial charge in [0.1, 0.15) is 17.8 Å². The highest BCUT2D eigenvalue weighted by molar-refractivity contribution is 6.35. The lowest BCUT2D eigenvalue weighted by atomic mass is 9.97. The summed E-state index contributed by atoms with van der Waals surface area (Å²) in [5.74, 6) is 0. The number of benzene rings is 2. The zero-order valence-corrected chi connectivity index (χ0v) is 19.4. The van der Waals surface area contributed by atoms with Crippen molar-refractivity contribution in [3.05, 3.63) is 67.6 Å². The Labute approximate surface area is 195 Å². The predicted molar refractivity (Wildman–Crippen MR) is 117 cm³/mol. The van der Waals surface area contributed by atoms with Gasteiger partial charge >= 0.3 is 0 Å². The number of hydrogen-bond acceptors (Lipinski definition) is 5. The zero-order valence-electron chi connectivity index (χ0n) is 16.4. The molecule has 1 saturated heterocycles. The van der Waals surface area contributed by atoms with Gasteiger partial charge < -0.3 is 24.1 Å². The van der Waals surface area contributed by atoms with E-state index in [0.29, 0.717) is 20.1 Å². The van der Waals surface area contributed by atoms with E-state index in [1.54, 1.807) is 43.3 Å². The molecule has 3 rings (SSSR count). The van der Waals surface area contributed by atoms with Gasteiger partial charge in [0.2, 0.25) is 0 Å². The van der Waals surface area contributed by atoms with E-state index in [0.717, 1.165) is 11.1 Å². The maximum atomic E-state index is 10.9. The largest absolute Gasteiger partial charge is 0.382 e. The molecule has 1 N–H and O–H groups in total. The minimum Gasteiger partial charge on any atom is -0.382 e. The van der Waals surface area contributed by atoms with Gasteiger partial charge in [0.05, 0.1) is 19.8 Å². The smallest absolute Gasteiger partial charge is 0.188 e. The summed E-state index contributed by atoms with van der Waals surface area (Å²) in [6.45, 7) is 2.18. The van der Waals surface area contributed by atoms with Crippen molar-refractivity contribution in [1.29, 1.82) is 0 Å². The highest BCUT2D eigenvalue weighted by Crippen LogP contribution is 2.35. The molecule has 0 bridgehead atoms. The van der Waals surface area contributed by atoms with Crippen LogP contribution in [0.2, 0.25) is 20.1 Å². The Morgan fingerprint density at radius 3 is 2.07 bits per heavy atom. The lowest BCUT2D eigenvalue weighted by molar-refractivity contribution is -0.190. The van der Waals surface area contributed by atoms with Crippen LogP contribution in [-0.2, 0) is 32.2 Å². The molecule has 5 nitrogen and oxygen atoms in total. The van der Waals surface area contributed by atoms with Crippen LogP contribution < -0.4 is 0 Å². The molecular weight excluding hydrogens is 474 g/mol. The second-order valence-corrected chi connectivity index (χ2v) is 8.87. The molecule has 1 unspecified atom stereocenters. The molecule has 0 aromatic heterocycles. The number of rotatable bonds is 8. The molecule has 1 aliphatic rings. The summed E-state index contributed by atoms with van der Waals surface area (Å²) in [5.41, 5.74) is 0.143. The quantitative estimate of drug-likeness (QED) is 0.522. The van der Waals surface area contributed by atoms with E-state index in [-0.39, 0.29) is 19.8 Å². The Balaban J connectivity index is 1.66. The minimum absolute atomic E-state index is 0.161. The minimum atomic E-state index is -1.39. The van der Waals surface area contributed by atoms with Crippen molar-refractivity contribution < 1.29 is 24.1 Å². The summed E-state index contributed by atoms with van der Waals surface area (Å²) in [5, 5.41) is 13.0. The average molecular weight is 496 g/mol. The van der Waals surface area contributed by atoms with Crippen molar-refractivity contribution in [1.82, 2.24) is 0 Å². The summed E-state index contributed by atoms with van der Waals surface area (Å²) in [6, 6.07) is 10.3. The van der Waals surface area contributed by atoms with Crippen molar-refractivity contribution in [3.8, 4) is 0 Å². The second-order valence-electron chi connectivity index (χ2n) is 7.19. The monoisotopic (exact) mass is 494 g/mol. The number of aliphatic hydroxyl groups is 1. The number of halogens is 4. The summed E-state index contributed by atoms with van der Waals surface area (Å²) >= 11 is 24.3. The third kappa shape index (κ3) is 5.60. The summed E-state index contributed by atoms with van der Waals surface area (Å²) in [7, 11) is 1.46. The topological polar surface area (TPSA) is 57.2 Å². The van der Waals surface area contributed by atoms with Gasteiger partial charge in [-0.1, -0.05) is 58.5 Å². The van der Waals surface area contributed by atoms with Crippen molar-refractivity contribution in [2.75, 3.05) is 13.7 Å². The zero-order chi connectivity index (χ0) is 21.9. The lowest BCUT2D eigenvalue weighted by Crippen LogP contribution is -2.48. The Morgan fingerprint density at radius 1 is 0.967 bits per heavy atom. The SMILES string of the molecule is COC1O[C@H](COCc2ccc(Cl)cc2Cl)[C@@H](OCc2ccc(Cl)cc2Cl)[C@]1(C)O. The maximum absolute atomic E-state index is 10.9. The molecule has 2 aromatic carbocycles. The van der Waals surface area contributed by atoms with Gasteiger partial charge in [0, 0.05) is 27.2 Å². The first kappa shape index (κ1) is 24.1. The second kappa shape index (κ2) is 10.3. The Hall–Kier alpha value is -0.600. The summed E-state index contributed by atoms with van der Waals surface area (Å²) in [6.07, 6.45) is -2.15. The fraction of sp³-hybridized carbons (Fsp3) is 0.429. The molecule has 0 radical (unpaired) electrons.